The van der Waals surface area contributed by atoms with Crippen molar-refractivity contribution in [2.45, 2.75) is 63.9 Å². The minimum absolute atomic E-state index is 0.296. The third-order valence-electron chi connectivity index (χ3n) is 5.53. The van der Waals surface area contributed by atoms with Gasteiger partial charge in [0.15, 0.2) is 0 Å². The van der Waals surface area contributed by atoms with Crippen molar-refractivity contribution in [1.82, 2.24) is 0 Å². The van der Waals surface area contributed by atoms with E-state index in [9.17, 15) is 0 Å². The summed E-state index contributed by atoms with van der Waals surface area (Å²) in [6.45, 7) is 3.62. The summed E-state index contributed by atoms with van der Waals surface area (Å²) in [7, 11) is 1.73. The van der Waals surface area contributed by atoms with Crippen LogP contribution >= 0.6 is 0 Å². The molecule has 0 saturated heterocycles. The van der Waals surface area contributed by atoms with E-state index in [1.165, 1.54) is 17.5 Å². The lowest BCUT2D eigenvalue weighted by molar-refractivity contribution is 0.00481. The predicted molar refractivity (Wildman–Crippen MR) is 128 cm³/mol. The Bertz CT molecular complexity index is 666. The van der Waals surface area contributed by atoms with Crippen LogP contribution in [-0.2, 0) is 9.47 Å². The van der Waals surface area contributed by atoms with E-state index < -0.39 is 0 Å². The summed E-state index contributed by atoms with van der Waals surface area (Å²) in [5.41, 5.74) is 2.74. The van der Waals surface area contributed by atoms with E-state index in [4.69, 9.17) is 9.47 Å². The molecule has 0 aliphatic heterocycles. The molecule has 2 rings (SSSR count). The topological polar surface area (TPSA) is 18.5 Å². The van der Waals surface area contributed by atoms with Gasteiger partial charge in [0.05, 0.1) is 19.3 Å². The first kappa shape index (κ1) is 24.4. The second-order valence-electron chi connectivity index (χ2n) is 7.83. The van der Waals surface area contributed by atoms with Crippen LogP contribution in [0.4, 0.5) is 0 Å². The highest BCUT2D eigenvalue weighted by molar-refractivity contribution is 5.22. The average molecular weight is 408 g/mol. The molecular formula is C28H39O2. The standard InChI is InChI=1S/C28H39O2/c1-3-26(27-19-13-9-14-20-27)24-28(30-23-22-29-2)21-15-7-5-4-6-10-16-25-17-11-8-12-18-25/h4-5,8-9,11-14,16-20,26,28H,3,6-7,10,15,21-24H2,1-2H3/b5-4+. The van der Waals surface area contributed by atoms with Gasteiger partial charge in [-0.05, 0) is 68.4 Å². The van der Waals surface area contributed by atoms with Crippen LogP contribution in [0.5, 0.6) is 0 Å². The van der Waals surface area contributed by atoms with E-state index in [1.807, 2.05) is 0 Å². The summed E-state index contributed by atoms with van der Waals surface area (Å²) in [5, 5.41) is 0. The molecule has 163 valence electrons. The first-order valence-corrected chi connectivity index (χ1v) is 11.5. The van der Waals surface area contributed by atoms with Crippen molar-refractivity contribution in [2.75, 3.05) is 20.3 Å². The lowest BCUT2D eigenvalue weighted by Crippen LogP contribution is -2.19. The number of benzene rings is 2. The second-order valence-corrected chi connectivity index (χ2v) is 7.83. The van der Waals surface area contributed by atoms with Crippen LogP contribution < -0.4 is 0 Å². The van der Waals surface area contributed by atoms with Gasteiger partial charge in [-0.1, -0.05) is 79.7 Å². The van der Waals surface area contributed by atoms with E-state index in [-0.39, 0.29) is 0 Å². The Morgan fingerprint density at radius 3 is 2.23 bits per heavy atom. The number of allylic oxidation sites excluding steroid dienone is 2. The molecule has 0 aliphatic carbocycles. The maximum Gasteiger partial charge on any atom is 0.0704 e. The van der Waals surface area contributed by atoms with Crippen LogP contribution in [0.15, 0.2) is 72.8 Å². The molecule has 30 heavy (non-hydrogen) atoms. The molecule has 0 heterocycles. The normalized spacial score (nSPS) is 13.5. The zero-order valence-electron chi connectivity index (χ0n) is 18.8. The van der Waals surface area contributed by atoms with Crippen molar-refractivity contribution in [1.29, 1.82) is 0 Å². The van der Waals surface area contributed by atoms with Crippen molar-refractivity contribution >= 4 is 0 Å². The fourth-order valence-electron chi connectivity index (χ4n) is 3.78. The van der Waals surface area contributed by atoms with Crippen molar-refractivity contribution < 1.29 is 9.47 Å². The third kappa shape index (κ3) is 10.2. The number of rotatable bonds is 16. The maximum absolute atomic E-state index is 6.18. The van der Waals surface area contributed by atoms with Gasteiger partial charge in [0, 0.05) is 7.11 Å². The molecule has 2 heteroatoms. The summed E-state index contributed by atoms with van der Waals surface area (Å²) in [6.07, 6.45) is 15.1. The quantitative estimate of drug-likeness (QED) is 0.214. The first-order chi connectivity index (χ1) is 14.8. The molecule has 0 N–H and O–H groups in total. The molecule has 0 aliphatic rings. The smallest absolute Gasteiger partial charge is 0.0704 e. The fourth-order valence-corrected chi connectivity index (χ4v) is 3.78. The second kappa shape index (κ2) is 15.9. The van der Waals surface area contributed by atoms with Gasteiger partial charge in [0.1, 0.15) is 0 Å². The van der Waals surface area contributed by atoms with Crippen molar-refractivity contribution in [3.8, 4) is 0 Å². The monoisotopic (exact) mass is 407 g/mol. The van der Waals surface area contributed by atoms with Gasteiger partial charge in [0.25, 0.3) is 0 Å². The average Bonchev–Trinajstić information content (AvgIpc) is 2.80. The van der Waals surface area contributed by atoms with Gasteiger partial charge in [-0.25, -0.2) is 0 Å². The summed E-state index contributed by atoms with van der Waals surface area (Å²) >= 11 is 0. The predicted octanol–water partition coefficient (Wildman–Crippen LogP) is 7.36. The molecular weight excluding hydrogens is 368 g/mol. The summed E-state index contributed by atoms with van der Waals surface area (Å²) < 4.78 is 11.4. The van der Waals surface area contributed by atoms with Crippen LogP contribution in [0, 0.1) is 6.42 Å². The Morgan fingerprint density at radius 2 is 1.53 bits per heavy atom. The summed E-state index contributed by atoms with van der Waals surface area (Å²) in [4.78, 5) is 0. The Balaban J connectivity index is 1.70. The van der Waals surface area contributed by atoms with Crippen LogP contribution in [0.2, 0.25) is 0 Å². The molecule has 0 spiro atoms. The van der Waals surface area contributed by atoms with E-state index >= 15 is 0 Å². The number of hydrogen-bond donors (Lipinski definition) is 0. The van der Waals surface area contributed by atoms with Gasteiger partial charge in [0.2, 0.25) is 0 Å². The SMILES string of the molecule is CCC(CC(CCC/C=C/CC[CH]c1ccccc1)OCCOC)c1ccccc1. The highest BCUT2D eigenvalue weighted by Crippen LogP contribution is 2.27. The van der Waals surface area contributed by atoms with Crippen LogP contribution in [0.1, 0.15) is 68.9 Å². The molecule has 1 radical (unpaired) electrons. The Kier molecular flexibility index (Phi) is 12.9. The van der Waals surface area contributed by atoms with E-state index in [0.717, 1.165) is 38.5 Å². The first-order valence-electron chi connectivity index (χ1n) is 11.5. The molecule has 2 nitrogen and oxygen atoms in total. The molecule has 0 fully saturated rings. The molecule has 2 aromatic rings. The Labute approximate surface area is 184 Å². The highest BCUT2D eigenvalue weighted by atomic mass is 16.5. The number of hydrogen-bond acceptors (Lipinski definition) is 2. The lowest BCUT2D eigenvalue weighted by Gasteiger charge is -2.23. The van der Waals surface area contributed by atoms with E-state index in [2.05, 4.69) is 86.2 Å². The minimum atomic E-state index is 0.296. The maximum atomic E-state index is 6.18. The third-order valence-corrected chi connectivity index (χ3v) is 5.53. The van der Waals surface area contributed by atoms with Gasteiger partial charge in [-0.2, -0.15) is 0 Å². The van der Waals surface area contributed by atoms with Crippen LogP contribution in [-0.4, -0.2) is 26.4 Å². The van der Waals surface area contributed by atoms with Gasteiger partial charge >= 0.3 is 0 Å². The van der Waals surface area contributed by atoms with Crippen LogP contribution in [0.3, 0.4) is 0 Å². The molecule has 2 unspecified atom stereocenters. The fraction of sp³-hybridized carbons (Fsp3) is 0.464. The number of ether oxygens (including phenoxy) is 2. The molecule has 2 aromatic carbocycles. The van der Waals surface area contributed by atoms with Gasteiger partial charge in [-0.15, -0.1) is 0 Å². The molecule has 0 aromatic heterocycles. The van der Waals surface area contributed by atoms with Crippen molar-refractivity contribution in [3.05, 3.63) is 90.4 Å². The summed E-state index contributed by atoms with van der Waals surface area (Å²) in [6, 6.07) is 21.4. The summed E-state index contributed by atoms with van der Waals surface area (Å²) in [5.74, 6) is 0.558. The van der Waals surface area contributed by atoms with Crippen molar-refractivity contribution in [2.24, 2.45) is 0 Å². The zero-order chi connectivity index (χ0) is 21.3. The molecule has 0 amide bonds. The van der Waals surface area contributed by atoms with Gasteiger partial charge < -0.3 is 9.47 Å². The lowest BCUT2D eigenvalue weighted by atomic mass is 9.89. The zero-order valence-corrected chi connectivity index (χ0v) is 18.8. The number of methoxy groups -OCH3 is 1. The number of unbranched alkanes of at least 4 members (excludes halogenated alkanes) is 2. The van der Waals surface area contributed by atoms with E-state index in [0.29, 0.717) is 25.2 Å². The Morgan fingerprint density at radius 1 is 0.833 bits per heavy atom. The Hall–Kier alpha value is -1.90. The van der Waals surface area contributed by atoms with Gasteiger partial charge in [-0.3, -0.25) is 0 Å². The minimum Gasteiger partial charge on any atom is -0.382 e. The molecule has 2 atom stereocenters. The largest absolute Gasteiger partial charge is 0.382 e. The van der Waals surface area contributed by atoms with E-state index in [1.54, 1.807) is 7.11 Å². The van der Waals surface area contributed by atoms with Crippen LogP contribution in [0.25, 0.3) is 0 Å². The highest BCUT2D eigenvalue weighted by Gasteiger charge is 2.17. The molecule has 0 bridgehead atoms. The molecule has 0 saturated carbocycles. The van der Waals surface area contributed by atoms with Crippen molar-refractivity contribution in [3.63, 3.8) is 0 Å².